The molecule has 0 aliphatic rings. The molecule has 82 valence electrons. The molecular formula is C9H10FNO4. The molecular weight excluding hydrogens is 205 g/mol. The first-order chi connectivity index (χ1) is 7.15. The molecule has 1 aromatic carbocycles. The molecule has 0 radical (unpaired) electrons. The van der Waals surface area contributed by atoms with Gasteiger partial charge in [-0.1, -0.05) is 12.1 Å². The molecule has 1 rings (SSSR count). The van der Waals surface area contributed by atoms with Gasteiger partial charge in [-0.25, -0.2) is 4.39 Å². The van der Waals surface area contributed by atoms with Gasteiger partial charge >= 0.3 is 5.69 Å². The largest absolute Gasteiger partial charge is 0.484 e. The summed E-state index contributed by atoms with van der Waals surface area (Å²) < 4.78 is 17.5. The average molecular weight is 215 g/mol. The van der Waals surface area contributed by atoms with E-state index in [1.54, 1.807) is 6.07 Å². The molecule has 0 saturated heterocycles. The Morgan fingerprint density at radius 2 is 2.20 bits per heavy atom. The number of benzene rings is 1. The first kappa shape index (κ1) is 11.4. The van der Waals surface area contributed by atoms with E-state index in [0.29, 0.717) is 0 Å². The number of nitro groups is 1. The van der Waals surface area contributed by atoms with Crippen molar-refractivity contribution < 1.29 is 19.2 Å². The van der Waals surface area contributed by atoms with Gasteiger partial charge in [0.15, 0.2) is 11.9 Å². The number of nitrogens with zero attached hydrogens (tertiary/aromatic N) is 1. The molecule has 0 amide bonds. The van der Waals surface area contributed by atoms with Crippen molar-refractivity contribution in [2.75, 3.05) is 13.2 Å². The van der Waals surface area contributed by atoms with Gasteiger partial charge in [-0.05, 0) is 6.07 Å². The van der Waals surface area contributed by atoms with Gasteiger partial charge in [0.05, 0.1) is 11.5 Å². The highest BCUT2D eigenvalue weighted by atomic mass is 19.1. The van der Waals surface area contributed by atoms with E-state index in [9.17, 15) is 14.5 Å². The summed E-state index contributed by atoms with van der Waals surface area (Å²) in [6.45, 7) is -1.07. The zero-order chi connectivity index (χ0) is 11.3. The molecule has 6 heteroatoms. The van der Waals surface area contributed by atoms with E-state index in [1.165, 1.54) is 18.2 Å². The predicted octanol–water partition coefficient (Wildman–Crippen LogP) is 1.30. The summed E-state index contributed by atoms with van der Waals surface area (Å²) in [7, 11) is 0. The third-order valence-corrected chi connectivity index (χ3v) is 1.68. The van der Waals surface area contributed by atoms with Crippen LogP contribution in [0.4, 0.5) is 10.1 Å². The fourth-order valence-electron chi connectivity index (χ4n) is 0.963. The molecule has 5 nitrogen and oxygen atoms in total. The maximum absolute atomic E-state index is 12.6. The third kappa shape index (κ3) is 3.17. The molecule has 1 N–H and O–H groups in total. The Kier molecular flexibility index (Phi) is 3.99. The summed E-state index contributed by atoms with van der Waals surface area (Å²) in [5.74, 6) is -0.00130. The van der Waals surface area contributed by atoms with Crippen LogP contribution >= 0.6 is 0 Å². The van der Waals surface area contributed by atoms with Crippen LogP contribution in [0.2, 0.25) is 0 Å². The van der Waals surface area contributed by atoms with Gasteiger partial charge in [0.2, 0.25) is 0 Å². The van der Waals surface area contributed by atoms with Gasteiger partial charge in [-0.3, -0.25) is 10.1 Å². The van der Waals surface area contributed by atoms with Crippen molar-refractivity contribution in [2.24, 2.45) is 0 Å². The number of alkyl halides is 1. The minimum atomic E-state index is -1.54. The van der Waals surface area contributed by atoms with Gasteiger partial charge in [0, 0.05) is 6.07 Å². The predicted molar refractivity (Wildman–Crippen MR) is 50.6 cm³/mol. The third-order valence-electron chi connectivity index (χ3n) is 1.68. The minimum Gasteiger partial charge on any atom is -0.484 e. The first-order valence-electron chi connectivity index (χ1n) is 4.26. The summed E-state index contributed by atoms with van der Waals surface area (Å²) in [5, 5.41) is 18.9. The number of hydrogen-bond acceptors (Lipinski definition) is 4. The van der Waals surface area contributed by atoms with E-state index in [1.807, 2.05) is 0 Å². The van der Waals surface area contributed by atoms with Gasteiger partial charge in [-0.2, -0.15) is 0 Å². The molecule has 0 heterocycles. The lowest BCUT2D eigenvalue weighted by atomic mass is 10.3. The van der Waals surface area contributed by atoms with Crippen LogP contribution < -0.4 is 4.74 Å². The Morgan fingerprint density at radius 1 is 1.53 bits per heavy atom. The highest BCUT2D eigenvalue weighted by molar-refractivity contribution is 5.45. The number of hydrogen-bond donors (Lipinski definition) is 1. The van der Waals surface area contributed by atoms with E-state index in [0.717, 1.165) is 0 Å². The standard InChI is InChI=1S/C9H10FNO4/c10-7(5-12)6-15-9-4-2-1-3-8(9)11(13)14/h1-4,7,12H,5-6H2. The normalized spacial score (nSPS) is 12.1. The maximum atomic E-state index is 12.6. The summed E-state index contributed by atoms with van der Waals surface area (Å²) in [5.41, 5.74) is -0.220. The highest BCUT2D eigenvalue weighted by Crippen LogP contribution is 2.25. The molecule has 1 unspecified atom stereocenters. The van der Waals surface area contributed by atoms with Crippen LogP contribution in [0.15, 0.2) is 24.3 Å². The van der Waals surface area contributed by atoms with E-state index in [-0.39, 0.29) is 11.4 Å². The van der Waals surface area contributed by atoms with Crippen LogP contribution in [0.25, 0.3) is 0 Å². The van der Waals surface area contributed by atoms with Crippen LogP contribution in [0.1, 0.15) is 0 Å². The van der Waals surface area contributed by atoms with Gasteiger partial charge in [-0.15, -0.1) is 0 Å². The van der Waals surface area contributed by atoms with Crippen molar-refractivity contribution in [2.45, 2.75) is 6.17 Å². The SMILES string of the molecule is O=[N+]([O-])c1ccccc1OCC(F)CO. The Hall–Kier alpha value is -1.69. The average Bonchev–Trinajstić information content (AvgIpc) is 2.26. The maximum Gasteiger partial charge on any atom is 0.310 e. The van der Waals surface area contributed by atoms with Gasteiger partial charge in [0.25, 0.3) is 0 Å². The summed E-state index contributed by atoms with van der Waals surface area (Å²) in [6, 6.07) is 5.68. The van der Waals surface area contributed by atoms with E-state index in [4.69, 9.17) is 9.84 Å². The van der Waals surface area contributed by atoms with Crippen molar-refractivity contribution in [3.63, 3.8) is 0 Å². The van der Waals surface area contributed by atoms with Crippen molar-refractivity contribution >= 4 is 5.69 Å². The molecule has 0 aliphatic carbocycles. The van der Waals surface area contributed by atoms with Crippen LogP contribution in [-0.4, -0.2) is 29.4 Å². The Balaban J connectivity index is 2.72. The molecule has 15 heavy (non-hydrogen) atoms. The van der Waals surface area contributed by atoms with Crippen LogP contribution in [0.3, 0.4) is 0 Å². The molecule has 1 atom stereocenters. The van der Waals surface area contributed by atoms with Crippen molar-refractivity contribution in [1.29, 1.82) is 0 Å². The van der Waals surface area contributed by atoms with Crippen LogP contribution in [0, 0.1) is 10.1 Å². The van der Waals surface area contributed by atoms with Crippen molar-refractivity contribution in [1.82, 2.24) is 0 Å². The summed E-state index contributed by atoms with van der Waals surface area (Å²) >= 11 is 0. The molecule has 0 spiro atoms. The van der Waals surface area contributed by atoms with E-state index < -0.39 is 24.3 Å². The Morgan fingerprint density at radius 3 is 2.80 bits per heavy atom. The molecule has 0 fully saturated rings. The Labute approximate surface area is 85.3 Å². The fraction of sp³-hybridized carbons (Fsp3) is 0.333. The van der Waals surface area contributed by atoms with Crippen molar-refractivity contribution in [3.05, 3.63) is 34.4 Å². The number of para-hydroxylation sites is 2. The molecule has 0 aliphatic heterocycles. The van der Waals surface area contributed by atoms with Crippen LogP contribution in [0.5, 0.6) is 5.75 Å². The molecule has 0 bridgehead atoms. The molecule has 0 aromatic heterocycles. The quantitative estimate of drug-likeness (QED) is 0.593. The lowest BCUT2D eigenvalue weighted by Crippen LogP contribution is -2.17. The number of nitro benzene ring substituents is 1. The second kappa shape index (κ2) is 5.26. The number of aliphatic hydroxyl groups excluding tert-OH is 1. The number of halogens is 1. The smallest absolute Gasteiger partial charge is 0.310 e. The number of aliphatic hydroxyl groups is 1. The second-order valence-electron chi connectivity index (χ2n) is 2.82. The van der Waals surface area contributed by atoms with Crippen LogP contribution in [-0.2, 0) is 0 Å². The summed E-state index contributed by atoms with van der Waals surface area (Å²) in [4.78, 5) is 9.91. The highest BCUT2D eigenvalue weighted by Gasteiger charge is 2.15. The van der Waals surface area contributed by atoms with Gasteiger partial charge in [0.1, 0.15) is 6.61 Å². The zero-order valence-corrected chi connectivity index (χ0v) is 7.80. The molecule has 1 aromatic rings. The Bertz CT molecular complexity index is 345. The minimum absolute atomic E-state index is 0.00130. The monoisotopic (exact) mass is 215 g/mol. The lowest BCUT2D eigenvalue weighted by Gasteiger charge is -2.07. The zero-order valence-electron chi connectivity index (χ0n) is 7.80. The fourth-order valence-corrected chi connectivity index (χ4v) is 0.963. The van der Waals surface area contributed by atoms with Gasteiger partial charge < -0.3 is 9.84 Å². The number of rotatable bonds is 5. The first-order valence-corrected chi connectivity index (χ1v) is 4.26. The van der Waals surface area contributed by atoms with E-state index in [2.05, 4.69) is 0 Å². The molecule has 0 saturated carbocycles. The lowest BCUT2D eigenvalue weighted by molar-refractivity contribution is -0.385. The van der Waals surface area contributed by atoms with E-state index >= 15 is 0 Å². The number of ether oxygens (including phenoxy) is 1. The second-order valence-corrected chi connectivity index (χ2v) is 2.82. The topological polar surface area (TPSA) is 72.6 Å². The summed E-state index contributed by atoms with van der Waals surface area (Å²) in [6.07, 6.45) is -1.54. The van der Waals surface area contributed by atoms with Crippen molar-refractivity contribution in [3.8, 4) is 5.75 Å².